The minimum absolute atomic E-state index is 0.00829. The Hall–Kier alpha value is -0.620. The van der Waals surface area contributed by atoms with Gasteiger partial charge in [0.05, 0.1) is 5.25 Å². The second-order valence-electron chi connectivity index (χ2n) is 3.04. The molecule has 1 saturated carbocycles. The minimum atomic E-state index is -1.53. The molecule has 0 aliphatic heterocycles. The number of hydrogen-bond acceptors (Lipinski definition) is 4. The van der Waals surface area contributed by atoms with Gasteiger partial charge in [-0.1, -0.05) is 19.3 Å². The molecule has 1 amide bonds. The molecule has 1 aliphatic carbocycles. The van der Waals surface area contributed by atoms with E-state index < -0.39 is 17.2 Å². The smallest absolute Gasteiger partial charge is 0.346 e. The maximum atomic E-state index is 11.3. The van der Waals surface area contributed by atoms with Crippen LogP contribution in [0, 0.1) is 0 Å². The number of nitrogens with one attached hydrogen (secondary N) is 1. The third-order valence-corrected chi connectivity index (χ3v) is 3.43. The maximum Gasteiger partial charge on any atom is 0.435 e. The minimum Gasteiger partial charge on any atom is -0.346 e. The maximum absolute atomic E-state index is 11.3. The molecule has 1 fully saturated rings. The Kier molecular flexibility index (Phi) is 4.17. The lowest BCUT2D eigenvalue weighted by atomic mass is 10.0. The van der Waals surface area contributed by atoms with Crippen molar-refractivity contribution >= 4 is 17.2 Å². The van der Waals surface area contributed by atoms with Crippen molar-refractivity contribution in [2.24, 2.45) is 5.84 Å². The highest BCUT2D eigenvalue weighted by Gasteiger charge is 2.22. The molecule has 1 rings (SSSR count). The molecular formula is C7H14N2O3S. The van der Waals surface area contributed by atoms with E-state index in [-0.39, 0.29) is 5.25 Å². The van der Waals surface area contributed by atoms with E-state index in [2.05, 4.69) is 4.18 Å². The Labute approximate surface area is 79.6 Å². The lowest BCUT2D eigenvalue weighted by Crippen LogP contribution is -2.33. The van der Waals surface area contributed by atoms with E-state index in [1.807, 2.05) is 0 Å². The van der Waals surface area contributed by atoms with Crippen LogP contribution in [0.5, 0.6) is 0 Å². The third kappa shape index (κ3) is 3.31. The zero-order valence-corrected chi connectivity index (χ0v) is 8.14. The van der Waals surface area contributed by atoms with Crippen LogP contribution in [0.4, 0.5) is 4.79 Å². The van der Waals surface area contributed by atoms with Gasteiger partial charge in [0.25, 0.3) is 0 Å². The summed E-state index contributed by atoms with van der Waals surface area (Å²) in [4.78, 5) is 10.6. The first-order valence-electron chi connectivity index (χ1n) is 4.33. The van der Waals surface area contributed by atoms with Crippen LogP contribution in [0.1, 0.15) is 32.1 Å². The van der Waals surface area contributed by atoms with Crippen molar-refractivity contribution < 1.29 is 13.2 Å². The SMILES string of the molecule is NNC(=O)OS(=O)C1CCCCC1. The van der Waals surface area contributed by atoms with Gasteiger partial charge in [0.2, 0.25) is 11.1 Å². The molecule has 0 heterocycles. The first kappa shape index (κ1) is 10.5. The normalized spacial score (nSPS) is 20.7. The molecule has 0 radical (unpaired) electrons. The van der Waals surface area contributed by atoms with Crippen LogP contribution in [0.3, 0.4) is 0 Å². The second kappa shape index (κ2) is 5.18. The highest BCUT2D eigenvalue weighted by atomic mass is 32.2. The number of amides is 1. The molecule has 6 heteroatoms. The zero-order chi connectivity index (χ0) is 9.68. The molecule has 1 unspecified atom stereocenters. The van der Waals surface area contributed by atoms with Crippen LogP contribution in [-0.2, 0) is 15.3 Å². The van der Waals surface area contributed by atoms with E-state index in [4.69, 9.17) is 5.84 Å². The molecule has 0 aromatic heterocycles. The van der Waals surface area contributed by atoms with Gasteiger partial charge in [0.15, 0.2) is 0 Å². The number of hydrazine groups is 1. The summed E-state index contributed by atoms with van der Waals surface area (Å²) in [6.45, 7) is 0. The van der Waals surface area contributed by atoms with Gasteiger partial charge in [-0.15, -0.1) is 0 Å². The van der Waals surface area contributed by atoms with Crippen molar-refractivity contribution in [3.05, 3.63) is 0 Å². The number of nitrogens with two attached hydrogens (primary N) is 1. The summed E-state index contributed by atoms with van der Waals surface area (Å²) in [5, 5.41) is -0.00829. The van der Waals surface area contributed by atoms with Gasteiger partial charge >= 0.3 is 6.09 Å². The van der Waals surface area contributed by atoms with Crippen LogP contribution >= 0.6 is 0 Å². The number of carbonyl (C=O) groups excluding carboxylic acids is 1. The van der Waals surface area contributed by atoms with Gasteiger partial charge in [0, 0.05) is 0 Å². The average molecular weight is 206 g/mol. The first-order valence-corrected chi connectivity index (χ1v) is 5.47. The van der Waals surface area contributed by atoms with Crippen LogP contribution in [0.25, 0.3) is 0 Å². The zero-order valence-electron chi connectivity index (χ0n) is 7.32. The molecule has 13 heavy (non-hydrogen) atoms. The van der Waals surface area contributed by atoms with Crippen LogP contribution < -0.4 is 11.3 Å². The van der Waals surface area contributed by atoms with Gasteiger partial charge in [0.1, 0.15) is 0 Å². The van der Waals surface area contributed by atoms with Crippen molar-refractivity contribution in [1.82, 2.24) is 5.43 Å². The van der Waals surface area contributed by atoms with Gasteiger partial charge in [-0.05, 0) is 12.8 Å². The molecule has 0 aromatic rings. The molecule has 0 saturated heterocycles. The number of hydrogen-bond donors (Lipinski definition) is 2. The quantitative estimate of drug-likeness (QED) is 0.393. The summed E-state index contributed by atoms with van der Waals surface area (Å²) in [6.07, 6.45) is 4.20. The molecule has 0 aromatic carbocycles. The second-order valence-corrected chi connectivity index (χ2v) is 4.39. The summed E-state index contributed by atoms with van der Waals surface area (Å²) in [7, 11) is 0. The molecule has 1 atom stereocenters. The van der Waals surface area contributed by atoms with E-state index in [0.717, 1.165) is 25.7 Å². The van der Waals surface area contributed by atoms with Crippen molar-refractivity contribution in [1.29, 1.82) is 0 Å². The molecule has 5 nitrogen and oxygen atoms in total. The predicted molar refractivity (Wildman–Crippen MR) is 48.8 cm³/mol. The lowest BCUT2D eigenvalue weighted by molar-refractivity contribution is 0.205. The Morgan fingerprint density at radius 1 is 1.38 bits per heavy atom. The fraction of sp³-hybridized carbons (Fsp3) is 0.857. The molecule has 76 valence electrons. The predicted octanol–water partition coefficient (Wildman–Crippen LogP) is 0.583. The van der Waals surface area contributed by atoms with E-state index in [1.54, 1.807) is 5.43 Å². The summed E-state index contributed by atoms with van der Waals surface area (Å²) in [5.41, 5.74) is 1.78. The average Bonchev–Trinajstić information content (AvgIpc) is 2.19. The van der Waals surface area contributed by atoms with Gasteiger partial charge < -0.3 is 4.18 Å². The fourth-order valence-corrected chi connectivity index (χ4v) is 2.48. The summed E-state index contributed by atoms with van der Waals surface area (Å²) >= 11 is -1.53. The molecule has 1 aliphatic rings. The van der Waals surface area contributed by atoms with Gasteiger partial charge in [-0.2, -0.15) is 0 Å². The van der Waals surface area contributed by atoms with E-state index in [1.165, 1.54) is 6.42 Å². The summed E-state index contributed by atoms with van der Waals surface area (Å²) < 4.78 is 15.9. The molecular weight excluding hydrogens is 192 g/mol. The first-order chi connectivity index (χ1) is 6.24. The standard InChI is InChI=1S/C7H14N2O3S/c8-9-7(10)12-13(11)6-4-2-1-3-5-6/h6H,1-5,8H2,(H,9,10). The summed E-state index contributed by atoms with van der Waals surface area (Å²) in [6, 6.07) is 0. The van der Waals surface area contributed by atoms with Crippen LogP contribution in [0.2, 0.25) is 0 Å². The van der Waals surface area contributed by atoms with Crippen molar-refractivity contribution in [3.63, 3.8) is 0 Å². The lowest BCUT2D eigenvalue weighted by Gasteiger charge is -2.19. The Morgan fingerprint density at radius 2 is 2.00 bits per heavy atom. The Bertz CT molecular complexity index is 204. The number of carbonyl (C=O) groups is 1. The van der Waals surface area contributed by atoms with E-state index in [0.29, 0.717) is 0 Å². The largest absolute Gasteiger partial charge is 0.435 e. The van der Waals surface area contributed by atoms with Crippen LogP contribution in [-0.4, -0.2) is 15.6 Å². The molecule has 0 spiro atoms. The third-order valence-electron chi connectivity index (χ3n) is 2.10. The Morgan fingerprint density at radius 3 is 2.54 bits per heavy atom. The fourth-order valence-electron chi connectivity index (χ4n) is 1.42. The Balaban J connectivity index is 2.33. The summed E-state index contributed by atoms with van der Waals surface area (Å²) in [5.74, 6) is 4.79. The molecule has 0 bridgehead atoms. The monoisotopic (exact) mass is 206 g/mol. The van der Waals surface area contributed by atoms with E-state index in [9.17, 15) is 9.00 Å². The van der Waals surface area contributed by atoms with Crippen molar-refractivity contribution in [2.45, 2.75) is 37.4 Å². The van der Waals surface area contributed by atoms with E-state index >= 15 is 0 Å². The van der Waals surface area contributed by atoms with Gasteiger partial charge in [-0.25, -0.2) is 14.8 Å². The highest BCUT2D eigenvalue weighted by molar-refractivity contribution is 7.81. The van der Waals surface area contributed by atoms with Crippen molar-refractivity contribution in [3.8, 4) is 0 Å². The number of rotatable bonds is 2. The highest BCUT2D eigenvalue weighted by Crippen LogP contribution is 2.22. The van der Waals surface area contributed by atoms with Crippen molar-refractivity contribution in [2.75, 3.05) is 0 Å². The topological polar surface area (TPSA) is 81.4 Å². The van der Waals surface area contributed by atoms with Crippen LogP contribution in [0.15, 0.2) is 0 Å². The van der Waals surface area contributed by atoms with Gasteiger partial charge in [-0.3, -0.25) is 5.43 Å². The molecule has 3 N–H and O–H groups in total.